The van der Waals surface area contributed by atoms with Crippen molar-refractivity contribution in [2.75, 3.05) is 25.2 Å². The van der Waals surface area contributed by atoms with Gasteiger partial charge in [-0.05, 0) is 61.9 Å². The van der Waals surface area contributed by atoms with Gasteiger partial charge in [-0.2, -0.15) is 4.98 Å². The van der Waals surface area contributed by atoms with E-state index >= 15 is 0 Å². The lowest BCUT2D eigenvalue weighted by atomic mass is 9.65. The SMILES string of the molecule is C=C(F)CCC(=O)N(CC12CCC(c3nc(C)no3)(CC1)OC2)c1cccc(-c2ccnc(OC)c2)c1. The second kappa shape index (κ2) is 10.0. The molecule has 1 amide bonds. The molecular formula is C28H31FN4O4. The van der Waals surface area contributed by atoms with Crippen molar-refractivity contribution in [3.63, 3.8) is 0 Å². The lowest BCUT2D eigenvalue weighted by molar-refractivity contribution is -0.198. The molecule has 2 aliphatic heterocycles. The smallest absolute Gasteiger partial charge is 0.258 e. The fourth-order valence-corrected chi connectivity index (χ4v) is 5.32. The van der Waals surface area contributed by atoms with Crippen molar-refractivity contribution in [2.45, 2.75) is 51.0 Å². The first kappa shape index (κ1) is 25.1. The highest BCUT2D eigenvalue weighted by molar-refractivity contribution is 5.94. The molecule has 37 heavy (non-hydrogen) atoms. The van der Waals surface area contributed by atoms with Crippen LogP contribution in [0.1, 0.15) is 50.2 Å². The molecule has 1 aliphatic carbocycles. The number of fused-ring (bicyclic) bond motifs is 3. The van der Waals surface area contributed by atoms with Gasteiger partial charge in [0.2, 0.25) is 11.8 Å². The molecule has 0 radical (unpaired) electrons. The first-order chi connectivity index (χ1) is 17.8. The number of nitrogens with zero attached hydrogens (tertiary/aromatic N) is 4. The normalized spacial score (nSPS) is 22.6. The average Bonchev–Trinajstić information content (AvgIpc) is 3.38. The maximum Gasteiger partial charge on any atom is 0.258 e. The molecule has 9 heteroatoms. The van der Waals surface area contributed by atoms with Crippen LogP contribution >= 0.6 is 0 Å². The van der Waals surface area contributed by atoms with Gasteiger partial charge in [-0.3, -0.25) is 4.79 Å². The molecule has 0 atom stereocenters. The van der Waals surface area contributed by atoms with E-state index in [0.29, 0.717) is 30.7 Å². The molecule has 1 saturated carbocycles. The molecule has 3 fully saturated rings. The molecule has 2 bridgehead atoms. The van der Waals surface area contributed by atoms with E-state index in [1.54, 1.807) is 25.1 Å². The molecule has 194 valence electrons. The van der Waals surface area contributed by atoms with E-state index in [1.165, 1.54) is 0 Å². The van der Waals surface area contributed by atoms with Gasteiger partial charge in [-0.1, -0.05) is 23.9 Å². The molecule has 3 aromatic rings. The maximum absolute atomic E-state index is 13.5. The zero-order valence-corrected chi connectivity index (χ0v) is 21.2. The third-order valence-corrected chi connectivity index (χ3v) is 7.53. The number of allylic oxidation sites excluding steroid dienone is 1. The van der Waals surface area contributed by atoms with Crippen molar-refractivity contribution in [3.8, 4) is 17.0 Å². The van der Waals surface area contributed by atoms with Crippen molar-refractivity contribution in [3.05, 3.63) is 66.7 Å². The third-order valence-electron chi connectivity index (χ3n) is 7.53. The summed E-state index contributed by atoms with van der Waals surface area (Å²) in [4.78, 5) is 23.8. The Kier molecular flexibility index (Phi) is 6.81. The highest BCUT2D eigenvalue weighted by Gasteiger charge is 2.54. The van der Waals surface area contributed by atoms with E-state index in [9.17, 15) is 9.18 Å². The van der Waals surface area contributed by atoms with E-state index in [2.05, 4.69) is 21.7 Å². The predicted octanol–water partition coefficient (Wildman–Crippen LogP) is 5.53. The highest BCUT2D eigenvalue weighted by atomic mass is 19.1. The van der Waals surface area contributed by atoms with Crippen LogP contribution in [0.4, 0.5) is 10.1 Å². The number of rotatable bonds is 9. The van der Waals surface area contributed by atoms with E-state index < -0.39 is 11.4 Å². The van der Waals surface area contributed by atoms with Crippen LogP contribution in [-0.2, 0) is 15.1 Å². The van der Waals surface area contributed by atoms with Crippen LogP contribution < -0.4 is 9.64 Å². The van der Waals surface area contributed by atoms with Gasteiger partial charge in [0.1, 0.15) is 5.60 Å². The number of ether oxygens (including phenoxy) is 2. The summed E-state index contributed by atoms with van der Waals surface area (Å²) in [5.41, 5.74) is 1.85. The molecule has 4 heterocycles. The van der Waals surface area contributed by atoms with Crippen molar-refractivity contribution in [1.82, 2.24) is 15.1 Å². The standard InChI is InChI=1S/C28H31FN4O4/c1-19(29)7-8-25(34)33(23-6-4-5-21(15-23)22-9-14-30-24(16-22)35-3)17-27-10-12-28(13-11-27,36-18-27)26-31-20(2)32-37-26/h4-6,9,14-16H,1,7-8,10-13,17-18H2,2-3H3. The number of methoxy groups -OCH3 is 1. The minimum atomic E-state index is -0.551. The highest BCUT2D eigenvalue weighted by Crippen LogP contribution is 2.53. The Balaban J connectivity index is 1.41. The van der Waals surface area contributed by atoms with E-state index in [0.717, 1.165) is 42.5 Å². The Morgan fingerprint density at radius 1 is 1.16 bits per heavy atom. The second-order valence-electron chi connectivity index (χ2n) is 10.1. The fraction of sp³-hybridized carbons (Fsp3) is 0.429. The molecule has 2 aromatic heterocycles. The van der Waals surface area contributed by atoms with Gasteiger partial charge in [0.05, 0.1) is 19.5 Å². The van der Waals surface area contributed by atoms with Crippen LogP contribution in [0.5, 0.6) is 5.88 Å². The minimum absolute atomic E-state index is 0.000295. The van der Waals surface area contributed by atoms with Gasteiger partial charge in [0.15, 0.2) is 5.82 Å². The van der Waals surface area contributed by atoms with Gasteiger partial charge in [0, 0.05) is 42.8 Å². The molecular weight excluding hydrogens is 475 g/mol. The van der Waals surface area contributed by atoms with Crippen LogP contribution in [0.25, 0.3) is 11.1 Å². The number of benzene rings is 1. The summed E-state index contributed by atoms with van der Waals surface area (Å²) in [6.07, 6.45) is 4.94. The topological polar surface area (TPSA) is 90.6 Å². The van der Waals surface area contributed by atoms with Crippen LogP contribution in [0, 0.1) is 12.3 Å². The summed E-state index contributed by atoms with van der Waals surface area (Å²) < 4.78 is 30.6. The number of hydrogen-bond acceptors (Lipinski definition) is 7. The Morgan fingerprint density at radius 2 is 1.95 bits per heavy atom. The summed E-state index contributed by atoms with van der Waals surface area (Å²) >= 11 is 0. The average molecular weight is 507 g/mol. The molecule has 3 aliphatic rings. The molecule has 2 saturated heterocycles. The fourth-order valence-electron chi connectivity index (χ4n) is 5.32. The van der Waals surface area contributed by atoms with Gasteiger partial charge >= 0.3 is 0 Å². The number of pyridine rings is 1. The van der Waals surface area contributed by atoms with E-state index in [4.69, 9.17) is 14.0 Å². The lowest BCUT2D eigenvalue weighted by Gasteiger charge is -2.52. The zero-order valence-electron chi connectivity index (χ0n) is 21.2. The summed E-state index contributed by atoms with van der Waals surface area (Å²) in [6, 6.07) is 11.5. The summed E-state index contributed by atoms with van der Waals surface area (Å²) in [5, 5.41) is 3.94. The van der Waals surface area contributed by atoms with Gasteiger partial charge < -0.3 is 18.9 Å². The Bertz CT molecular complexity index is 1280. The number of carbonyl (C=O) groups excluding carboxylic acids is 1. The van der Waals surface area contributed by atoms with Crippen LogP contribution in [0.15, 0.2) is 59.5 Å². The van der Waals surface area contributed by atoms with E-state index in [1.807, 2.05) is 36.4 Å². The number of hydrogen-bond donors (Lipinski definition) is 0. The van der Waals surface area contributed by atoms with Crippen molar-refractivity contribution in [2.24, 2.45) is 5.41 Å². The van der Waals surface area contributed by atoms with Crippen molar-refractivity contribution in [1.29, 1.82) is 0 Å². The van der Waals surface area contributed by atoms with Crippen molar-refractivity contribution < 1.29 is 23.2 Å². The number of aryl methyl sites for hydroxylation is 1. The largest absolute Gasteiger partial charge is 0.481 e. The Hall–Kier alpha value is -3.59. The van der Waals surface area contributed by atoms with Crippen LogP contribution in [0.3, 0.4) is 0 Å². The molecule has 0 N–H and O–H groups in total. The maximum atomic E-state index is 13.5. The van der Waals surface area contributed by atoms with Gasteiger partial charge in [-0.15, -0.1) is 0 Å². The number of anilines is 1. The quantitative estimate of drug-likeness (QED) is 0.377. The first-order valence-corrected chi connectivity index (χ1v) is 12.5. The van der Waals surface area contributed by atoms with E-state index in [-0.39, 0.29) is 24.2 Å². The number of aromatic nitrogens is 3. The molecule has 0 spiro atoms. The Labute approximate surface area is 215 Å². The van der Waals surface area contributed by atoms with Crippen molar-refractivity contribution >= 4 is 11.6 Å². The monoisotopic (exact) mass is 506 g/mol. The third kappa shape index (κ3) is 5.13. The van der Waals surface area contributed by atoms with Crippen LogP contribution in [-0.4, -0.2) is 41.3 Å². The first-order valence-electron chi connectivity index (χ1n) is 12.5. The lowest BCUT2D eigenvalue weighted by Crippen LogP contribution is -2.54. The van der Waals surface area contributed by atoms with Gasteiger partial charge in [0.25, 0.3) is 5.89 Å². The second-order valence-corrected chi connectivity index (χ2v) is 10.1. The molecule has 8 nitrogen and oxygen atoms in total. The van der Waals surface area contributed by atoms with Gasteiger partial charge in [-0.25, -0.2) is 9.37 Å². The number of amides is 1. The number of halogens is 1. The number of carbonyl (C=O) groups is 1. The molecule has 0 unspecified atom stereocenters. The Morgan fingerprint density at radius 3 is 2.59 bits per heavy atom. The molecule has 1 aromatic carbocycles. The van der Waals surface area contributed by atoms with Crippen LogP contribution in [0.2, 0.25) is 0 Å². The molecule has 6 rings (SSSR count). The summed E-state index contributed by atoms with van der Waals surface area (Å²) in [6.45, 7) is 6.08. The zero-order chi connectivity index (χ0) is 26.0. The minimum Gasteiger partial charge on any atom is -0.481 e. The summed E-state index contributed by atoms with van der Waals surface area (Å²) in [7, 11) is 1.58. The summed E-state index contributed by atoms with van der Waals surface area (Å²) in [5.74, 6) is 0.995. The predicted molar refractivity (Wildman–Crippen MR) is 136 cm³/mol.